The summed E-state index contributed by atoms with van der Waals surface area (Å²) in [5.74, 6) is 0. The molecule has 0 amide bonds. The number of piperazine rings is 1. The van der Waals surface area contributed by atoms with E-state index in [0.29, 0.717) is 47.5 Å². The van der Waals surface area contributed by atoms with E-state index in [4.69, 9.17) is 11.6 Å². The molecule has 4 rings (SSSR count). The van der Waals surface area contributed by atoms with Crippen LogP contribution in [-0.4, -0.2) is 48.7 Å². The number of nitrogens with zero attached hydrogens (tertiary/aromatic N) is 4. The molecule has 1 aromatic heterocycles. The number of aromatic nitrogens is 2. The molecule has 164 valence electrons. The molecule has 8 heteroatoms. The molecule has 0 atom stereocenters. The number of rotatable bonds is 4. The first-order valence-electron chi connectivity index (χ1n) is 10.3. The lowest BCUT2D eigenvalue weighted by molar-refractivity contribution is 0.384. The van der Waals surface area contributed by atoms with Gasteiger partial charge in [0.15, 0.2) is 0 Å². The molecule has 3 aromatic rings. The van der Waals surface area contributed by atoms with Crippen LogP contribution in [0.5, 0.6) is 0 Å². The quantitative estimate of drug-likeness (QED) is 0.585. The Balaban J connectivity index is 1.59. The van der Waals surface area contributed by atoms with E-state index in [-0.39, 0.29) is 0 Å². The van der Waals surface area contributed by atoms with Gasteiger partial charge in [-0.2, -0.15) is 9.40 Å². The van der Waals surface area contributed by atoms with Crippen LogP contribution >= 0.6 is 11.6 Å². The Hall–Kier alpha value is -2.35. The predicted octanol–water partition coefficient (Wildman–Crippen LogP) is 4.27. The molecule has 0 aliphatic carbocycles. The van der Waals surface area contributed by atoms with Crippen LogP contribution in [0.15, 0.2) is 47.4 Å². The fourth-order valence-electron chi connectivity index (χ4n) is 4.16. The average molecular weight is 459 g/mol. The van der Waals surface area contributed by atoms with Gasteiger partial charge < -0.3 is 4.90 Å². The minimum absolute atomic E-state index is 0.306. The van der Waals surface area contributed by atoms with Crippen molar-refractivity contribution in [3.8, 4) is 5.69 Å². The SMILES string of the molecule is Cc1ccc(-n2nc(C)c(S(=O)(=O)N3CCN(c4cc(Cl)ccc4C)CC3)c2C)cc1. The summed E-state index contributed by atoms with van der Waals surface area (Å²) < 4.78 is 30.3. The molecule has 0 bridgehead atoms. The highest BCUT2D eigenvalue weighted by atomic mass is 35.5. The molecule has 0 spiro atoms. The third kappa shape index (κ3) is 4.10. The van der Waals surface area contributed by atoms with Gasteiger partial charge in [0, 0.05) is 36.9 Å². The molecule has 1 aliphatic rings. The molecule has 6 nitrogen and oxygen atoms in total. The molecular formula is C23H27ClN4O2S. The third-order valence-corrected chi connectivity index (χ3v) is 8.24. The molecular weight excluding hydrogens is 432 g/mol. The zero-order chi connectivity index (χ0) is 22.3. The topological polar surface area (TPSA) is 58.4 Å². The van der Waals surface area contributed by atoms with Crippen molar-refractivity contribution in [2.75, 3.05) is 31.1 Å². The fourth-order valence-corrected chi connectivity index (χ4v) is 6.10. The van der Waals surface area contributed by atoms with Crippen LogP contribution < -0.4 is 4.90 Å². The van der Waals surface area contributed by atoms with Gasteiger partial charge in [0.2, 0.25) is 10.0 Å². The van der Waals surface area contributed by atoms with Crippen LogP contribution in [-0.2, 0) is 10.0 Å². The van der Waals surface area contributed by atoms with E-state index < -0.39 is 10.0 Å². The van der Waals surface area contributed by atoms with Gasteiger partial charge in [0.05, 0.1) is 17.1 Å². The Kier molecular flexibility index (Phi) is 5.85. The van der Waals surface area contributed by atoms with Crippen molar-refractivity contribution in [1.82, 2.24) is 14.1 Å². The van der Waals surface area contributed by atoms with Crippen molar-refractivity contribution in [1.29, 1.82) is 0 Å². The van der Waals surface area contributed by atoms with Gasteiger partial charge in [-0.1, -0.05) is 35.4 Å². The molecule has 0 N–H and O–H groups in total. The largest absolute Gasteiger partial charge is 0.369 e. The van der Waals surface area contributed by atoms with Crippen LogP contribution in [0.1, 0.15) is 22.5 Å². The first kappa shape index (κ1) is 21.9. The average Bonchev–Trinajstić information content (AvgIpc) is 3.05. The van der Waals surface area contributed by atoms with Gasteiger partial charge in [-0.25, -0.2) is 13.1 Å². The molecule has 0 saturated carbocycles. The van der Waals surface area contributed by atoms with Crippen molar-refractivity contribution >= 4 is 27.3 Å². The number of benzene rings is 2. The number of sulfonamides is 1. The monoisotopic (exact) mass is 458 g/mol. The van der Waals surface area contributed by atoms with Gasteiger partial charge in [0.1, 0.15) is 4.90 Å². The molecule has 1 saturated heterocycles. The van der Waals surface area contributed by atoms with Gasteiger partial charge in [-0.05, 0) is 57.5 Å². The van der Waals surface area contributed by atoms with Gasteiger partial charge in [-0.3, -0.25) is 0 Å². The second kappa shape index (κ2) is 8.30. The number of hydrogen-bond donors (Lipinski definition) is 0. The first-order chi connectivity index (χ1) is 14.7. The minimum atomic E-state index is -3.65. The van der Waals surface area contributed by atoms with Crippen molar-refractivity contribution < 1.29 is 8.42 Å². The summed E-state index contributed by atoms with van der Waals surface area (Å²) in [6.07, 6.45) is 0. The van der Waals surface area contributed by atoms with E-state index in [9.17, 15) is 8.42 Å². The summed E-state index contributed by atoms with van der Waals surface area (Å²) in [5, 5.41) is 5.23. The summed E-state index contributed by atoms with van der Waals surface area (Å²) in [6, 6.07) is 13.7. The molecule has 1 aliphatic heterocycles. The summed E-state index contributed by atoms with van der Waals surface area (Å²) in [4.78, 5) is 2.50. The highest BCUT2D eigenvalue weighted by Crippen LogP contribution is 2.29. The Morgan fingerprint density at radius 3 is 2.19 bits per heavy atom. The smallest absolute Gasteiger partial charge is 0.246 e. The molecule has 2 aromatic carbocycles. The Morgan fingerprint density at radius 2 is 1.55 bits per heavy atom. The maximum atomic E-state index is 13.5. The number of aryl methyl sites for hydroxylation is 3. The second-order valence-corrected chi connectivity index (χ2v) is 10.4. The summed E-state index contributed by atoms with van der Waals surface area (Å²) in [6.45, 7) is 9.71. The molecule has 0 unspecified atom stereocenters. The zero-order valence-electron chi connectivity index (χ0n) is 18.3. The maximum absolute atomic E-state index is 13.5. The normalized spacial score (nSPS) is 15.5. The lowest BCUT2D eigenvalue weighted by Crippen LogP contribution is -2.49. The second-order valence-electron chi connectivity index (χ2n) is 8.07. The lowest BCUT2D eigenvalue weighted by Gasteiger charge is -2.36. The van der Waals surface area contributed by atoms with Gasteiger partial charge in [-0.15, -0.1) is 0 Å². The lowest BCUT2D eigenvalue weighted by atomic mass is 10.1. The van der Waals surface area contributed by atoms with Crippen LogP contribution in [0.3, 0.4) is 0 Å². The Bertz CT molecular complexity index is 1210. The van der Waals surface area contributed by atoms with Crippen molar-refractivity contribution in [3.63, 3.8) is 0 Å². The van der Waals surface area contributed by atoms with Crippen LogP contribution in [0.4, 0.5) is 5.69 Å². The summed E-state index contributed by atoms with van der Waals surface area (Å²) in [7, 11) is -3.65. The van der Waals surface area contributed by atoms with Crippen molar-refractivity contribution in [2.24, 2.45) is 0 Å². The molecule has 0 radical (unpaired) electrons. The van der Waals surface area contributed by atoms with Crippen LogP contribution in [0.2, 0.25) is 5.02 Å². The number of hydrogen-bond acceptors (Lipinski definition) is 4. The fraction of sp³-hybridized carbons (Fsp3) is 0.348. The number of halogens is 1. The van der Waals surface area contributed by atoms with Crippen molar-refractivity contribution in [3.05, 3.63) is 70.0 Å². The van der Waals surface area contributed by atoms with Gasteiger partial charge >= 0.3 is 0 Å². The van der Waals surface area contributed by atoms with E-state index in [1.54, 1.807) is 15.9 Å². The maximum Gasteiger partial charge on any atom is 0.246 e. The highest BCUT2D eigenvalue weighted by Gasteiger charge is 2.33. The predicted molar refractivity (Wildman–Crippen MR) is 125 cm³/mol. The van der Waals surface area contributed by atoms with E-state index >= 15 is 0 Å². The Morgan fingerprint density at radius 1 is 0.903 bits per heavy atom. The molecule has 1 fully saturated rings. The standard InChI is InChI=1S/C23H27ClN4O2S/c1-16-5-9-21(10-6-16)28-19(4)23(18(3)25-28)31(29,30)27-13-11-26(12-14-27)22-15-20(24)8-7-17(22)2/h5-10,15H,11-14H2,1-4H3. The highest BCUT2D eigenvalue weighted by molar-refractivity contribution is 7.89. The summed E-state index contributed by atoms with van der Waals surface area (Å²) >= 11 is 6.17. The van der Waals surface area contributed by atoms with E-state index in [2.05, 4.69) is 10.00 Å². The van der Waals surface area contributed by atoms with Crippen LogP contribution in [0.25, 0.3) is 5.69 Å². The first-order valence-corrected chi connectivity index (χ1v) is 12.1. The van der Waals surface area contributed by atoms with E-state index in [1.807, 2.05) is 63.2 Å². The van der Waals surface area contributed by atoms with E-state index in [1.165, 1.54) is 0 Å². The molecule has 31 heavy (non-hydrogen) atoms. The van der Waals surface area contributed by atoms with E-state index in [0.717, 1.165) is 22.5 Å². The zero-order valence-corrected chi connectivity index (χ0v) is 19.8. The summed E-state index contributed by atoms with van der Waals surface area (Å²) in [5.41, 5.74) is 5.34. The van der Waals surface area contributed by atoms with Crippen LogP contribution in [0, 0.1) is 27.7 Å². The van der Waals surface area contributed by atoms with Crippen molar-refractivity contribution in [2.45, 2.75) is 32.6 Å². The minimum Gasteiger partial charge on any atom is -0.369 e. The molecule has 2 heterocycles. The van der Waals surface area contributed by atoms with Gasteiger partial charge in [0.25, 0.3) is 0 Å². The third-order valence-electron chi connectivity index (χ3n) is 5.85. The number of anilines is 1. The Labute approximate surface area is 189 Å².